The van der Waals surface area contributed by atoms with Gasteiger partial charge in [0, 0.05) is 16.9 Å². The van der Waals surface area contributed by atoms with Gasteiger partial charge in [0.15, 0.2) is 0 Å². The molecule has 0 fully saturated rings. The Hall–Kier alpha value is -4.22. The molecule has 38 heavy (non-hydrogen) atoms. The van der Waals surface area contributed by atoms with E-state index in [1.54, 1.807) is 31.2 Å². The van der Waals surface area contributed by atoms with Crippen molar-refractivity contribution in [1.82, 2.24) is 9.97 Å². The second kappa shape index (κ2) is 11.9. The van der Waals surface area contributed by atoms with Gasteiger partial charge in [-0.15, -0.1) is 0 Å². The van der Waals surface area contributed by atoms with Gasteiger partial charge in [0.25, 0.3) is 0 Å². The highest BCUT2D eigenvalue weighted by Crippen LogP contribution is 2.37. The smallest absolute Gasteiger partial charge is 0.226 e. The minimum atomic E-state index is -0.787. The van der Waals surface area contributed by atoms with E-state index in [1.165, 1.54) is 23.9 Å². The highest BCUT2D eigenvalue weighted by atomic mass is 32.2. The minimum absolute atomic E-state index is 0.0167. The van der Waals surface area contributed by atoms with E-state index in [1.807, 2.05) is 12.1 Å². The number of anilines is 1. The number of aliphatic hydroxyl groups is 2. The van der Waals surface area contributed by atoms with Crippen LogP contribution in [0.4, 0.5) is 10.2 Å². The molecule has 0 aliphatic heterocycles. The molecular weight excluding hydrogens is 505 g/mol. The Morgan fingerprint density at radius 1 is 1.03 bits per heavy atom. The second-order valence-corrected chi connectivity index (χ2v) is 9.50. The maximum atomic E-state index is 13.3. The molecule has 10 heteroatoms. The van der Waals surface area contributed by atoms with E-state index < -0.39 is 6.10 Å². The molecule has 0 radical (unpaired) electrons. The number of oxazole rings is 1. The number of aromatic nitrogens is 2. The van der Waals surface area contributed by atoms with Crippen LogP contribution in [0.25, 0.3) is 22.6 Å². The van der Waals surface area contributed by atoms with Crippen LogP contribution in [-0.4, -0.2) is 32.9 Å². The van der Waals surface area contributed by atoms with E-state index in [0.29, 0.717) is 57.7 Å². The quantitative estimate of drug-likeness (QED) is 0.261. The zero-order valence-electron chi connectivity index (χ0n) is 20.5. The molecule has 2 aromatic carbocycles. The lowest BCUT2D eigenvalue weighted by atomic mass is 9.95. The van der Waals surface area contributed by atoms with Crippen molar-refractivity contribution in [2.24, 2.45) is 0 Å². The molecular formula is C28H24FN5O3S. The summed E-state index contributed by atoms with van der Waals surface area (Å²) in [6.07, 6.45) is 0.190. The van der Waals surface area contributed by atoms with Crippen LogP contribution in [0.5, 0.6) is 0 Å². The Morgan fingerprint density at radius 3 is 2.32 bits per heavy atom. The van der Waals surface area contributed by atoms with Gasteiger partial charge in [-0.05, 0) is 55.2 Å². The summed E-state index contributed by atoms with van der Waals surface area (Å²) in [4.78, 5) is 8.87. The Bertz CT molecular complexity index is 1520. The average molecular weight is 530 g/mol. The molecule has 8 nitrogen and oxygen atoms in total. The van der Waals surface area contributed by atoms with Gasteiger partial charge in [0.2, 0.25) is 5.89 Å². The third kappa shape index (κ3) is 5.84. The first-order chi connectivity index (χ1) is 18.3. The van der Waals surface area contributed by atoms with E-state index >= 15 is 0 Å². The van der Waals surface area contributed by atoms with Crippen LogP contribution in [0.15, 0.2) is 58.0 Å². The Morgan fingerprint density at radius 2 is 1.68 bits per heavy atom. The van der Waals surface area contributed by atoms with E-state index in [4.69, 9.17) is 15.3 Å². The summed E-state index contributed by atoms with van der Waals surface area (Å²) in [5.74, 6) is 0.933. The molecule has 0 saturated heterocycles. The first-order valence-corrected chi connectivity index (χ1v) is 12.7. The fourth-order valence-electron chi connectivity index (χ4n) is 3.87. The molecule has 0 bridgehead atoms. The van der Waals surface area contributed by atoms with Crippen LogP contribution >= 0.6 is 11.8 Å². The van der Waals surface area contributed by atoms with E-state index in [-0.39, 0.29) is 29.4 Å². The lowest BCUT2D eigenvalue weighted by molar-refractivity contribution is 0.0886. The highest BCUT2D eigenvalue weighted by Gasteiger charge is 2.22. The average Bonchev–Trinajstić information content (AvgIpc) is 3.30. The van der Waals surface area contributed by atoms with Gasteiger partial charge in [-0.3, -0.25) is 0 Å². The van der Waals surface area contributed by atoms with E-state index in [2.05, 4.69) is 22.1 Å². The lowest BCUT2D eigenvalue weighted by Gasteiger charge is -2.13. The first kappa shape index (κ1) is 26.8. The largest absolute Gasteiger partial charge is 0.441 e. The SMILES string of the molecule is Cc1oc(-c2ccc(F)cc2)nc1CSc1nc(N)c(C#N)c(-c2ccc(CC[C@@H](O)CO)cc2)c1C#N. The number of benzene rings is 2. The van der Waals surface area contributed by atoms with Crippen molar-refractivity contribution in [3.8, 4) is 34.7 Å². The number of hydrogen-bond donors (Lipinski definition) is 3. The molecule has 0 aliphatic carbocycles. The molecule has 192 valence electrons. The Balaban J connectivity index is 1.63. The Labute approximate surface area is 223 Å². The van der Waals surface area contributed by atoms with Crippen LogP contribution in [0, 0.1) is 35.4 Å². The molecule has 0 amide bonds. The van der Waals surface area contributed by atoms with E-state index in [9.17, 15) is 20.0 Å². The van der Waals surface area contributed by atoms with Crippen molar-refractivity contribution in [3.63, 3.8) is 0 Å². The van der Waals surface area contributed by atoms with Crippen molar-refractivity contribution in [2.45, 2.75) is 36.6 Å². The number of thioether (sulfide) groups is 1. The number of halogens is 1. The summed E-state index contributed by atoms with van der Waals surface area (Å²) in [6.45, 7) is 1.47. The van der Waals surface area contributed by atoms with Crippen LogP contribution < -0.4 is 5.73 Å². The molecule has 1 atom stereocenters. The highest BCUT2D eigenvalue weighted by molar-refractivity contribution is 7.98. The third-order valence-corrected chi connectivity index (χ3v) is 6.95. The molecule has 0 saturated carbocycles. The van der Waals surface area contributed by atoms with Crippen molar-refractivity contribution in [2.75, 3.05) is 12.3 Å². The summed E-state index contributed by atoms with van der Waals surface area (Å²) in [6, 6.07) is 17.4. The fourth-order valence-corrected chi connectivity index (χ4v) is 4.86. The number of aryl methyl sites for hydroxylation is 2. The van der Waals surface area contributed by atoms with Gasteiger partial charge in [-0.2, -0.15) is 10.5 Å². The summed E-state index contributed by atoms with van der Waals surface area (Å²) >= 11 is 1.25. The molecule has 4 N–H and O–H groups in total. The molecule has 0 unspecified atom stereocenters. The van der Waals surface area contributed by atoms with Crippen molar-refractivity contribution in [1.29, 1.82) is 10.5 Å². The summed E-state index contributed by atoms with van der Waals surface area (Å²) in [5, 5.41) is 38.8. The molecule has 4 rings (SSSR count). The number of pyridine rings is 1. The molecule has 0 aliphatic rings. The van der Waals surface area contributed by atoms with Gasteiger partial charge in [-0.1, -0.05) is 36.0 Å². The van der Waals surface area contributed by atoms with Crippen molar-refractivity contribution >= 4 is 17.6 Å². The number of aliphatic hydroxyl groups excluding tert-OH is 2. The van der Waals surface area contributed by atoms with Gasteiger partial charge in [-0.25, -0.2) is 14.4 Å². The summed E-state index contributed by atoms with van der Waals surface area (Å²) in [7, 11) is 0. The monoisotopic (exact) mass is 529 g/mol. The number of nitriles is 2. The predicted octanol–water partition coefficient (Wildman–Crippen LogP) is 4.75. The van der Waals surface area contributed by atoms with Crippen LogP contribution in [0.2, 0.25) is 0 Å². The standard InChI is InChI=1S/C28H24FN5O3S/c1-16-24(33-27(37-16)19-7-9-20(29)10-8-19)15-38-28-23(13-31)25(22(12-30)26(32)34-28)18-5-2-17(3-6-18)4-11-21(36)14-35/h2-3,5-10,21,35-36H,4,11,14-15H2,1H3,(H2,32,34)/t21-/m1/s1. The second-order valence-electron chi connectivity index (χ2n) is 8.54. The normalized spacial score (nSPS) is 11.6. The summed E-state index contributed by atoms with van der Waals surface area (Å²) < 4.78 is 19.0. The maximum absolute atomic E-state index is 13.3. The maximum Gasteiger partial charge on any atom is 0.226 e. The number of nitrogen functional groups attached to an aromatic ring is 1. The van der Waals surface area contributed by atoms with Gasteiger partial charge in [0.05, 0.1) is 24.0 Å². The third-order valence-electron chi connectivity index (χ3n) is 5.96. The minimum Gasteiger partial charge on any atom is -0.441 e. The lowest BCUT2D eigenvalue weighted by Crippen LogP contribution is -2.12. The molecule has 0 spiro atoms. The topological polar surface area (TPSA) is 153 Å². The number of rotatable bonds is 9. The number of nitrogens with two attached hydrogens (primary N) is 1. The van der Waals surface area contributed by atoms with Crippen molar-refractivity contribution in [3.05, 3.63) is 82.5 Å². The number of nitrogens with zero attached hydrogens (tertiary/aromatic N) is 4. The summed E-state index contributed by atoms with van der Waals surface area (Å²) in [5.41, 5.74) is 9.73. The first-order valence-electron chi connectivity index (χ1n) is 11.7. The van der Waals surface area contributed by atoms with Gasteiger partial charge < -0.3 is 20.4 Å². The van der Waals surface area contributed by atoms with Crippen LogP contribution in [0.1, 0.15) is 34.6 Å². The van der Waals surface area contributed by atoms with E-state index in [0.717, 1.165) is 5.56 Å². The van der Waals surface area contributed by atoms with Gasteiger partial charge >= 0.3 is 0 Å². The molecule has 4 aromatic rings. The zero-order chi connectivity index (χ0) is 27.2. The van der Waals surface area contributed by atoms with Crippen LogP contribution in [0.3, 0.4) is 0 Å². The number of hydrogen-bond acceptors (Lipinski definition) is 9. The van der Waals surface area contributed by atoms with Crippen molar-refractivity contribution < 1.29 is 19.0 Å². The van der Waals surface area contributed by atoms with Gasteiger partial charge in [0.1, 0.15) is 40.1 Å². The van der Waals surface area contributed by atoms with Crippen LogP contribution in [-0.2, 0) is 12.2 Å². The predicted molar refractivity (Wildman–Crippen MR) is 141 cm³/mol. The molecule has 2 heterocycles. The zero-order valence-corrected chi connectivity index (χ0v) is 21.3. The Kier molecular flexibility index (Phi) is 8.39. The fraction of sp³-hybridized carbons (Fsp3) is 0.214. The molecule has 2 aromatic heterocycles.